The van der Waals surface area contributed by atoms with E-state index in [1.807, 2.05) is 23.6 Å². The number of thiocarbonyl (C=S) groups is 1. The largest absolute Gasteiger partial charge is 0.496 e. The van der Waals surface area contributed by atoms with E-state index < -0.39 is 5.91 Å². The lowest BCUT2D eigenvalue weighted by Gasteiger charge is -2.09. The molecule has 150 valence electrons. The third-order valence-electron chi connectivity index (χ3n) is 3.62. The molecule has 0 fully saturated rings. The number of ether oxygens (including phenoxy) is 2. The average molecular weight is 513 g/mol. The van der Waals surface area contributed by atoms with Gasteiger partial charge in [0, 0.05) is 10.9 Å². The van der Waals surface area contributed by atoms with Crippen LogP contribution >= 0.6 is 51.1 Å². The van der Waals surface area contributed by atoms with Crippen LogP contribution in [0.15, 0.2) is 52.3 Å². The quantitative estimate of drug-likeness (QED) is 0.446. The van der Waals surface area contributed by atoms with Gasteiger partial charge < -0.3 is 14.8 Å². The van der Waals surface area contributed by atoms with Crippen LogP contribution in [0.3, 0.4) is 0 Å². The van der Waals surface area contributed by atoms with E-state index in [-0.39, 0.29) is 11.7 Å². The standard InChI is InChI=1S/C19H15BrClN3O3S2/c1-26-15-7-6-11(8-12(15)20)14-10-29-19(22-14)24-18(28)23-17(25)9-27-16-5-3-2-4-13(16)21/h2-8,10H,9H2,1H3,(H2,22,23,24,25,28). The number of nitrogens with zero attached hydrogens (tertiary/aromatic N) is 1. The van der Waals surface area contributed by atoms with Gasteiger partial charge in [0.1, 0.15) is 11.5 Å². The summed E-state index contributed by atoms with van der Waals surface area (Å²) in [4.78, 5) is 16.5. The summed E-state index contributed by atoms with van der Waals surface area (Å²) < 4.78 is 11.5. The van der Waals surface area contributed by atoms with Crippen molar-refractivity contribution in [2.45, 2.75) is 0 Å². The average Bonchev–Trinajstić information content (AvgIpc) is 3.15. The minimum Gasteiger partial charge on any atom is -0.496 e. The van der Waals surface area contributed by atoms with Gasteiger partial charge in [-0.1, -0.05) is 23.7 Å². The van der Waals surface area contributed by atoms with E-state index in [0.29, 0.717) is 15.9 Å². The minimum absolute atomic E-state index is 0.134. The minimum atomic E-state index is -0.404. The molecular weight excluding hydrogens is 498 g/mol. The zero-order valence-electron chi connectivity index (χ0n) is 15.1. The number of carbonyl (C=O) groups excluding carboxylic acids is 1. The van der Waals surface area contributed by atoms with Gasteiger partial charge >= 0.3 is 0 Å². The van der Waals surface area contributed by atoms with Gasteiger partial charge in [-0.05, 0) is 58.5 Å². The number of anilines is 1. The van der Waals surface area contributed by atoms with Crippen molar-refractivity contribution in [3.05, 3.63) is 57.3 Å². The Kier molecular flexibility index (Phi) is 7.43. The predicted octanol–water partition coefficient (Wildman–Crippen LogP) is 5.13. The first-order valence-corrected chi connectivity index (χ1v) is 10.7. The molecule has 0 radical (unpaired) electrons. The molecule has 0 aliphatic heterocycles. The molecule has 0 aliphatic carbocycles. The van der Waals surface area contributed by atoms with Crippen LogP contribution in [0.1, 0.15) is 0 Å². The summed E-state index contributed by atoms with van der Waals surface area (Å²) in [6, 6.07) is 12.6. The van der Waals surface area contributed by atoms with Crippen molar-refractivity contribution < 1.29 is 14.3 Å². The number of hydrogen-bond acceptors (Lipinski definition) is 6. The SMILES string of the molecule is COc1ccc(-c2csc(NC(=S)NC(=O)COc3ccccc3Cl)n2)cc1Br. The van der Waals surface area contributed by atoms with Crippen molar-refractivity contribution >= 4 is 67.2 Å². The lowest BCUT2D eigenvalue weighted by Crippen LogP contribution is -2.37. The Morgan fingerprint density at radius 2 is 2.07 bits per heavy atom. The fourth-order valence-corrected chi connectivity index (χ4v) is 4.02. The highest BCUT2D eigenvalue weighted by Gasteiger charge is 2.11. The molecule has 0 unspecified atom stereocenters. The van der Waals surface area contributed by atoms with Gasteiger partial charge in [-0.3, -0.25) is 10.1 Å². The Hall–Kier alpha value is -2.20. The lowest BCUT2D eigenvalue weighted by molar-refractivity contribution is -0.121. The molecule has 3 aromatic rings. The van der Waals surface area contributed by atoms with E-state index in [2.05, 4.69) is 31.5 Å². The van der Waals surface area contributed by atoms with Crippen molar-refractivity contribution in [3.63, 3.8) is 0 Å². The summed E-state index contributed by atoms with van der Waals surface area (Å²) >= 11 is 16.0. The summed E-state index contributed by atoms with van der Waals surface area (Å²) in [5, 5.41) is 8.46. The number of halogens is 2. The summed E-state index contributed by atoms with van der Waals surface area (Å²) in [6.45, 7) is -0.214. The van der Waals surface area contributed by atoms with Gasteiger partial charge in [-0.25, -0.2) is 4.98 Å². The Balaban J connectivity index is 1.54. The van der Waals surface area contributed by atoms with Crippen LogP contribution < -0.4 is 20.1 Å². The van der Waals surface area contributed by atoms with Crippen molar-refractivity contribution in [2.24, 2.45) is 0 Å². The topological polar surface area (TPSA) is 72.5 Å². The van der Waals surface area contributed by atoms with Gasteiger partial charge in [0.05, 0.1) is 22.3 Å². The molecule has 0 bridgehead atoms. The van der Waals surface area contributed by atoms with Crippen LogP contribution in [0.5, 0.6) is 11.5 Å². The number of para-hydroxylation sites is 1. The Morgan fingerprint density at radius 1 is 1.28 bits per heavy atom. The molecule has 10 heteroatoms. The first-order valence-electron chi connectivity index (χ1n) is 8.24. The van der Waals surface area contributed by atoms with Crippen molar-refractivity contribution in [2.75, 3.05) is 19.0 Å². The molecule has 0 atom stereocenters. The van der Waals surface area contributed by atoms with Crippen molar-refractivity contribution in [1.82, 2.24) is 10.3 Å². The highest BCUT2D eigenvalue weighted by molar-refractivity contribution is 9.10. The number of rotatable bonds is 6. The van der Waals surface area contributed by atoms with Crippen LogP contribution in [-0.2, 0) is 4.79 Å². The molecule has 29 heavy (non-hydrogen) atoms. The number of carbonyl (C=O) groups is 1. The van der Waals surface area contributed by atoms with Crippen LogP contribution in [0.4, 0.5) is 5.13 Å². The molecule has 3 rings (SSSR count). The normalized spacial score (nSPS) is 10.3. The van der Waals surface area contributed by atoms with Gasteiger partial charge in [0.25, 0.3) is 5.91 Å². The second-order valence-corrected chi connectivity index (χ2v) is 8.14. The van der Waals surface area contributed by atoms with Gasteiger partial charge in [-0.15, -0.1) is 11.3 Å². The Bertz CT molecular complexity index is 1050. The van der Waals surface area contributed by atoms with E-state index in [1.54, 1.807) is 31.4 Å². The molecule has 0 aliphatic rings. The van der Waals surface area contributed by atoms with Crippen molar-refractivity contribution in [1.29, 1.82) is 0 Å². The number of hydrogen-bond donors (Lipinski definition) is 2. The highest BCUT2D eigenvalue weighted by atomic mass is 79.9. The molecule has 1 heterocycles. The number of benzene rings is 2. The maximum atomic E-state index is 12.0. The summed E-state index contributed by atoms with van der Waals surface area (Å²) in [5.41, 5.74) is 1.70. The highest BCUT2D eigenvalue weighted by Crippen LogP contribution is 2.32. The van der Waals surface area contributed by atoms with Gasteiger partial charge in [-0.2, -0.15) is 0 Å². The Morgan fingerprint density at radius 3 is 2.79 bits per heavy atom. The Labute approximate surface area is 190 Å². The van der Waals surface area contributed by atoms with Gasteiger partial charge in [0.2, 0.25) is 0 Å². The van der Waals surface area contributed by atoms with Crippen LogP contribution in [0.25, 0.3) is 11.3 Å². The number of nitrogens with one attached hydrogen (secondary N) is 2. The molecule has 2 aromatic carbocycles. The van der Waals surface area contributed by atoms with Gasteiger partial charge in [0.15, 0.2) is 16.9 Å². The predicted molar refractivity (Wildman–Crippen MR) is 123 cm³/mol. The fraction of sp³-hybridized carbons (Fsp3) is 0.105. The van der Waals surface area contributed by atoms with E-state index >= 15 is 0 Å². The third kappa shape index (κ3) is 5.89. The lowest BCUT2D eigenvalue weighted by atomic mass is 10.2. The molecule has 0 saturated heterocycles. The number of amides is 1. The molecule has 1 aromatic heterocycles. The summed E-state index contributed by atoms with van der Waals surface area (Å²) in [5.74, 6) is 0.766. The summed E-state index contributed by atoms with van der Waals surface area (Å²) in [6.07, 6.45) is 0. The van der Waals surface area contributed by atoms with Crippen LogP contribution in [-0.4, -0.2) is 29.7 Å². The van der Waals surface area contributed by atoms with E-state index in [9.17, 15) is 4.79 Å². The third-order valence-corrected chi connectivity index (χ3v) is 5.51. The molecule has 0 spiro atoms. The molecular formula is C19H15BrClN3O3S2. The second kappa shape index (κ2) is 10.0. The molecule has 6 nitrogen and oxygen atoms in total. The number of methoxy groups -OCH3 is 1. The van der Waals surface area contributed by atoms with Crippen molar-refractivity contribution in [3.8, 4) is 22.8 Å². The maximum Gasteiger partial charge on any atom is 0.264 e. The zero-order valence-corrected chi connectivity index (χ0v) is 19.0. The number of aromatic nitrogens is 1. The summed E-state index contributed by atoms with van der Waals surface area (Å²) in [7, 11) is 1.61. The van der Waals surface area contributed by atoms with E-state index in [4.69, 9.17) is 33.3 Å². The second-order valence-electron chi connectivity index (χ2n) is 5.61. The van der Waals surface area contributed by atoms with Crippen LogP contribution in [0.2, 0.25) is 5.02 Å². The first kappa shape index (κ1) is 21.5. The van der Waals surface area contributed by atoms with E-state index in [0.717, 1.165) is 21.5 Å². The van der Waals surface area contributed by atoms with Crippen LogP contribution in [0, 0.1) is 0 Å². The maximum absolute atomic E-state index is 12.0. The molecule has 0 saturated carbocycles. The monoisotopic (exact) mass is 511 g/mol. The zero-order chi connectivity index (χ0) is 20.8. The smallest absolute Gasteiger partial charge is 0.264 e. The molecule has 1 amide bonds. The molecule has 2 N–H and O–H groups in total. The first-order chi connectivity index (χ1) is 14.0. The number of thiazole rings is 1. The fourth-order valence-electron chi connectivity index (χ4n) is 2.29. The van der Waals surface area contributed by atoms with E-state index in [1.165, 1.54) is 11.3 Å².